The summed E-state index contributed by atoms with van der Waals surface area (Å²) in [6.45, 7) is 16.8. The number of ether oxygens (including phenoxy) is 2. The van der Waals surface area contributed by atoms with Gasteiger partial charge < -0.3 is 14.8 Å². The van der Waals surface area contributed by atoms with Gasteiger partial charge in [-0.3, -0.25) is 19.3 Å². The molecule has 0 bridgehead atoms. The number of fused-ring (bicyclic) bond motifs is 1. The second-order valence-corrected chi connectivity index (χ2v) is 19.2. The Hall–Kier alpha value is -3.30. The van der Waals surface area contributed by atoms with Crippen LogP contribution in [0.1, 0.15) is 72.9 Å². The minimum Gasteiger partial charge on any atom is -0.464 e. The van der Waals surface area contributed by atoms with Crippen LogP contribution >= 0.6 is 0 Å². The molecule has 0 saturated carbocycles. The molecule has 0 fully saturated rings. The van der Waals surface area contributed by atoms with Gasteiger partial charge in [-0.15, -0.1) is 0 Å². The number of esters is 2. The number of carbonyl (C=O) groups excluding carboxylic acids is 4. The predicted molar refractivity (Wildman–Crippen MR) is 166 cm³/mol. The topological polar surface area (TPSA) is 102 Å². The van der Waals surface area contributed by atoms with Gasteiger partial charge in [0.2, 0.25) is 0 Å². The van der Waals surface area contributed by atoms with Crippen molar-refractivity contribution < 1.29 is 28.7 Å². The number of carbonyl (C=O) groups is 4. The van der Waals surface area contributed by atoms with Crippen LogP contribution in [0.3, 0.4) is 0 Å². The first kappa shape index (κ1) is 33.2. The summed E-state index contributed by atoms with van der Waals surface area (Å²) in [4.78, 5) is 54.4. The zero-order valence-corrected chi connectivity index (χ0v) is 27.3. The number of nitrogens with one attached hydrogen (secondary N) is 1. The van der Waals surface area contributed by atoms with Crippen molar-refractivity contribution in [2.45, 2.75) is 97.4 Å². The molecule has 1 N–H and O–H groups in total. The van der Waals surface area contributed by atoms with Crippen LogP contribution in [0.15, 0.2) is 48.5 Å². The van der Waals surface area contributed by atoms with E-state index in [0.717, 1.165) is 22.1 Å². The summed E-state index contributed by atoms with van der Waals surface area (Å²) < 4.78 is 11.4. The number of hydrogen-bond acceptors (Lipinski definition) is 7. The summed E-state index contributed by atoms with van der Waals surface area (Å²) in [6.07, 6.45) is 0.689. The van der Waals surface area contributed by atoms with Gasteiger partial charge in [-0.25, -0.2) is 4.79 Å². The fraction of sp³-hybridized carbons (Fsp3) is 0.515. The lowest BCUT2D eigenvalue weighted by atomic mass is 9.98. The molecule has 0 radical (unpaired) electrons. The zero-order chi connectivity index (χ0) is 31.2. The van der Waals surface area contributed by atoms with E-state index in [4.69, 9.17) is 9.47 Å². The van der Waals surface area contributed by atoms with E-state index in [2.05, 4.69) is 25.0 Å². The summed E-state index contributed by atoms with van der Waals surface area (Å²) in [6, 6.07) is 13.3. The Kier molecular flexibility index (Phi) is 10.9. The lowest BCUT2D eigenvalue weighted by Gasteiger charge is -2.27. The molecule has 0 spiro atoms. The van der Waals surface area contributed by atoms with Crippen LogP contribution in [0.5, 0.6) is 0 Å². The Morgan fingerprint density at radius 3 is 1.95 bits per heavy atom. The van der Waals surface area contributed by atoms with Crippen LogP contribution in [0.25, 0.3) is 0 Å². The Morgan fingerprint density at radius 2 is 1.43 bits per heavy atom. The highest BCUT2D eigenvalue weighted by atomic mass is 28.3. The van der Waals surface area contributed by atoms with Crippen molar-refractivity contribution in [1.82, 2.24) is 10.2 Å². The molecular formula is C33H46N2O6Si. The van der Waals surface area contributed by atoms with Gasteiger partial charge in [-0.05, 0) is 62.4 Å². The van der Waals surface area contributed by atoms with Crippen molar-refractivity contribution in [2.75, 3.05) is 6.61 Å². The van der Waals surface area contributed by atoms with Crippen LogP contribution in [-0.2, 0) is 32.0 Å². The van der Waals surface area contributed by atoms with Gasteiger partial charge in [0.15, 0.2) is 0 Å². The van der Waals surface area contributed by atoms with E-state index in [0.29, 0.717) is 13.0 Å². The number of imide groups is 1. The first-order chi connectivity index (χ1) is 19.6. The van der Waals surface area contributed by atoms with Crippen molar-refractivity contribution >= 4 is 31.8 Å². The van der Waals surface area contributed by atoms with Gasteiger partial charge in [0.05, 0.1) is 17.7 Å². The average molecular weight is 595 g/mol. The third kappa shape index (κ3) is 9.10. The summed E-state index contributed by atoms with van der Waals surface area (Å²) in [5.74, 6) is -1.66. The van der Waals surface area contributed by atoms with E-state index in [1.54, 1.807) is 24.3 Å². The molecule has 228 valence electrons. The highest BCUT2D eigenvalue weighted by molar-refractivity contribution is 6.76. The van der Waals surface area contributed by atoms with Crippen molar-refractivity contribution in [3.05, 3.63) is 70.8 Å². The quantitative estimate of drug-likeness (QED) is 0.182. The largest absolute Gasteiger partial charge is 0.464 e. The third-order valence-corrected chi connectivity index (χ3v) is 8.68. The fourth-order valence-corrected chi connectivity index (χ4v) is 5.52. The molecule has 2 atom stereocenters. The molecule has 42 heavy (non-hydrogen) atoms. The molecule has 0 saturated heterocycles. The van der Waals surface area contributed by atoms with Gasteiger partial charge in [-0.2, -0.15) is 0 Å². The van der Waals surface area contributed by atoms with E-state index in [1.165, 1.54) is 0 Å². The molecular weight excluding hydrogens is 548 g/mol. The second-order valence-electron chi connectivity index (χ2n) is 13.6. The molecule has 2 amide bonds. The second kappa shape index (κ2) is 13.8. The van der Waals surface area contributed by atoms with Gasteiger partial charge in [0.25, 0.3) is 11.8 Å². The number of benzene rings is 2. The maximum atomic E-state index is 13.6. The van der Waals surface area contributed by atoms with Crippen molar-refractivity contribution in [3.63, 3.8) is 0 Å². The molecule has 1 aliphatic heterocycles. The fourth-order valence-electron chi connectivity index (χ4n) is 4.80. The third-order valence-electron chi connectivity index (χ3n) is 6.97. The minimum absolute atomic E-state index is 0.0936. The molecule has 1 aliphatic rings. The van der Waals surface area contributed by atoms with Crippen molar-refractivity contribution in [3.8, 4) is 0 Å². The van der Waals surface area contributed by atoms with Crippen molar-refractivity contribution in [1.29, 1.82) is 0 Å². The lowest BCUT2D eigenvalue weighted by molar-refractivity contribution is -0.158. The normalized spacial score (nSPS) is 15.0. The van der Waals surface area contributed by atoms with Crippen molar-refractivity contribution in [2.24, 2.45) is 5.92 Å². The summed E-state index contributed by atoms with van der Waals surface area (Å²) in [7, 11) is -1.48. The predicted octanol–water partition coefficient (Wildman–Crippen LogP) is 5.62. The molecule has 0 aliphatic carbocycles. The van der Waals surface area contributed by atoms with Gasteiger partial charge >= 0.3 is 11.9 Å². The van der Waals surface area contributed by atoms with Gasteiger partial charge in [0, 0.05) is 21.0 Å². The van der Waals surface area contributed by atoms with E-state index in [-0.39, 0.29) is 36.0 Å². The molecule has 3 rings (SSSR count). The minimum atomic E-state index is -1.48. The summed E-state index contributed by atoms with van der Waals surface area (Å²) in [5.41, 5.74) is 1.59. The van der Waals surface area contributed by atoms with Crippen LogP contribution in [0.4, 0.5) is 0 Å². The number of hydrogen-bond donors (Lipinski definition) is 1. The molecule has 2 aromatic carbocycles. The Morgan fingerprint density at radius 1 is 0.881 bits per heavy atom. The maximum Gasteiger partial charge on any atom is 0.329 e. The standard InChI is InChI=1S/C33H46N2O6Si/c1-22(2)19-27(31(38)41-33(3,4)5)34-21-24-14-10-9-13-23(24)20-28(32(39)40-17-18-42(6,7)8)35-29(36)25-15-11-12-16-26(25)30(35)37/h9-16,22,27-28,34H,17-21H2,1-8H3. The number of rotatable bonds is 13. The molecule has 0 aromatic heterocycles. The van der Waals surface area contributed by atoms with Crippen LogP contribution in [0.2, 0.25) is 25.7 Å². The van der Waals surface area contributed by atoms with E-state index < -0.39 is 43.5 Å². The Balaban J connectivity index is 1.88. The smallest absolute Gasteiger partial charge is 0.329 e. The molecule has 2 unspecified atom stereocenters. The Labute approximate surface area is 251 Å². The molecule has 1 heterocycles. The van der Waals surface area contributed by atoms with Crippen LogP contribution in [-0.4, -0.2) is 61.0 Å². The zero-order valence-electron chi connectivity index (χ0n) is 26.3. The average Bonchev–Trinajstić information content (AvgIpc) is 3.13. The molecule has 9 heteroatoms. The lowest BCUT2D eigenvalue weighted by Crippen LogP contribution is -2.47. The van der Waals surface area contributed by atoms with Gasteiger partial charge in [-0.1, -0.05) is 69.9 Å². The number of nitrogens with zero attached hydrogens (tertiary/aromatic N) is 1. The first-order valence-corrected chi connectivity index (χ1v) is 18.4. The van der Waals surface area contributed by atoms with Crippen LogP contribution < -0.4 is 5.32 Å². The van der Waals surface area contributed by atoms with E-state index in [1.807, 2.05) is 58.9 Å². The summed E-state index contributed by atoms with van der Waals surface area (Å²) >= 11 is 0. The molecule has 8 nitrogen and oxygen atoms in total. The van der Waals surface area contributed by atoms with Crippen LogP contribution in [0, 0.1) is 5.92 Å². The van der Waals surface area contributed by atoms with E-state index in [9.17, 15) is 19.2 Å². The maximum absolute atomic E-state index is 13.6. The number of amides is 2. The first-order valence-electron chi connectivity index (χ1n) is 14.7. The highest BCUT2D eigenvalue weighted by Gasteiger charge is 2.43. The molecule has 2 aromatic rings. The van der Waals surface area contributed by atoms with E-state index >= 15 is 0 Å². The monoisotopic (exact) mass is 594 g/mol. The summed E-state index contributed by atoms with van der Waals surface area (Å²) in [5, 5.41) is 3.35. The van der Waals surface area contributed by atoms with Gasteiger partial charge in [0.1, 0.15) is 17.7 Å². The highest BCUT2D eigenvalue weighted by Crippen LogP contribution is 2.27. The Bertz CT molecular complexity index is 1260. The SMILES string of the molecule is CC(C)CC(NCc1ccccc1CC(C(=O)OCC[Si](C)(C)C)N1C(=O)c2ccccc2C1=O)C(=O)OC(C)(C)C.